The number of nitrogens with two attached hydrogens (primary N) is 1. The lowest BCUT2D eigenvalue weighted by atomic mass is 10.2. The van der Waals surface area contributed by atoms with Crippen molar-refractivity contribution in [2.24, 2.45) is 0 Å². The Kier molecular flexibility index (Phi) is 4.50. The Bertz CT molecular complexity index is 559. The van der Waals surface area contributed by atoms with Gasteiger partial charge in [-0.05, 0) is 30.1 Å². The molecule has 0 aliphatic heterocycles. The number of aromatic nitrogens is 1. The van der Waals surface area contributed by atoms with E-state index in [-0.39, 0.29) is 0 Å². The van der Waals surface area contributed by atoms with Crippen LogP contribution < -0.4 is 15.4 Å². The van der Waals surface area contributed by atoms with Crippen molar-refractivity contribution in [3.63, 3.8) is 0 Å². The first kappa shape index (κ1) is 14.0. The zero-order chi connectivity index (χ0) is 13.8. The molecular weight excluding hydrogens is 282 g/mol. The second-order valence-corrected chi connectivity index (χ2v) is 5.24. The predicted octanol–water partition coefficient (Wildman–Crippen LogP) is 3.41. The van der Waals surface area contributed by atoms with Gasteiger partial charge in [-0.2, -0.15) is 4.37 Å². The van der Waals surface area contributed by atoms with Crippen molar-refractivity contribution in [3.05, 3.63) is 34.9 Å². The van der Waals surface area contributed by atoms with E-state index in [1.54, 1.807) is 0 Å². The zero-order valence-corrected chi connectivity index (χ0v) is 12.5. The van der Waals surface area contributed by atoms with Gasteiger partial charge in [0.05, 0.1) is 6.61 Å². The number of benzene rings is 1. The van der Waals surface area contributed by atoms with Crippen molar-refractivity contribution in [2.45, 2.75) is 13.5 Å². The van der Waals surface area contributed by atoms with Crippen LogP contribution in [0.5, 0.6) is 5.75 Å². The van der Waals surface area contributed by atoms with Gasteiger partial charge in [-0.15, -0.1) is 0 Å². The van der Waals surface area contributed by atoms with Gasteiger partial charge in [0.1, 0.15) is 0 Å². The smallest absolute Gasteiger partial charge is 0.197 e. The molecule has 0 unspecified atom stereocenters. The Morgan fingerprint density at radius 1 is 1.42 bits per heavy atom. The molecule has 4 nitrogen and oxygen atoms in total. The zero-order valence-electron chi connectivity index (χ0n) is 10.9. The molecule has 0 radical (unpaired) electrons. The number of halogens is 1. The summed E-state index contributed by atoms with van der Waals surface area (Å²) in [7, 11) is 1.97. The minimum absolute atomic E-state index is 0.438. The molecule has 1 aromatic heterocycles. The SMILES string of the molecule is CCOc1c(N)nsc1N(C)Cc1ccccc1Cl. The molecule has 102 valence electrons. The van der Waals surface area contributed by atoms with Gasteiger partial charge >= 0.3 is 0 Å². The first-order chi connectivity index (χ1) is 9.13. The summed E-state index contributed by atoms with van der Waals surface area (Å²) in [4.78, 5) is 2.04. The third-order valence-corrected chi connectivity index (χ3v) is 3.98. The molecule has 0 atom stereocenters. The van der Waals surface area contributed by atoms with Gasteiger partial charge in [0, 0.05) is 18.6 Å². The van der Waals surface area contributed by atoms with E-state index in [4.69, 9.17) is 22.1 Å². The highest BCUT2D eigenvalue weighted by molar-refractivity contribution is 7.11. The molecule has 0 saturated carbocycles. The Hall–Kier alpha value is -1.46. The van der Waals surface area contributed by atoms with E-state index in [1.807, 2.05) is 43.1 Å². The van der Waals surface area contributed by atoms with Gasteiger partial charge in [0.25, 0.3) is 0 Å². The fraction of sp³-hybridized carbons (Fsp3) is 0.308. The second kappa shape index (κ2) is 6.12. The summed E-state index contributed by atoms with van der Waals surface area (Å²) in [5.41, 5.74) is 6.87. The molecule has 0 amide bonds. The van der Waals surface area contributed by atoms with Crippen LogP contribution in [0.25, 0.3) is 0 Å². The van der Waals surface area contributed by atoms with Crippen molar-refractivity contribution >= 4 is 34.0 Å². The van der Waals surface area contributed by atoms with E-state index in [2.05, 4.69) is 4.37 Å². The fourth-order valence-corrected chi connectivity index (χ4v) is 2.68. The molecule has 1 heterocycles. The summed E-state index contributed by atoms with van der Waals surface area (Å²) in [6.45, 7) is 3.17. The Labute approximate surface area is 121 Å². The molecule has 2 aromatic rings. The minimum atomic E-state index is 0.438. The lowest BCUT2D eigenvalue weighted by Crippen LogP contribution is -2.16. The Morgan fingerprint density at radius 3 is 2.84 bits per heavy atom. The van der Waals surface area contributed by atoms with Crippen molar-refractivity contribution in [1.82, 2.24) is 4.37 Å². The molecule has 19 heavy (non-hydrogen) atoms. The van der Waals surface area contributed by atoms with Crippen molar-refractivity contribution in [2.75, 3.05) is 24.3 Å². The van der Waals surface area contributed by atoms with E-state index in [0.29, 0.717) is 24.7 Å². The van der Waals surface area contributed by atoms with Crippen molar-refractivity contribution < 1.29 is 4.74 Å². The van der Waals surface area contributed by atoms with Crippen LogP contribution in [0.2, 0.25) is 5.02 Å². The van der Waals surface area contributed by atoms with Crippen LogP contribution in [-0.4, -0.2) is 18.0 Å². The Morgan fingerprint density at radius 2 is 2.16 bits per heavy atom. The molecule has 2 N–H and O–H groups in total. The third-order valence-electron chi connectivity index (χ3n) is 2.66. The molecule has 0 spiro atoms. The van der Waals surface area contributed by atoms with Crippen molar-refractivity contribution in [1.29, 1.82) is 0 Å². The largest absolute Gasteiger partial charge is 0.487 e. The quantitative estimate of drug-likeness (QED) is 0.919. The van der Waals surface area contributed by atoms with Gasteiger partial charge in [0.2, 0.25) is 0 Å². The molecule has 0 bridgehead atoms. The lowest BCUT2D eigenvalue weighted by Gasteiger charge is -2.19. The summed E-state index contributed by atoms with van der Waals surface area (Å²) in [5.74, 6) is 1.09. The van der Waals surface area contributed by atoms with Crippen LogP contribution in [0, 0.1) is 0 Å². The molecule has 6 heteroatoms. The van der Waals surface area contributed by atoms with Crippen LogP contribution in [0.15, 0.2) is 24.3 Å². The van der Waals surface area contributed by atoms with Gasteiger partial charge in [-0.25, -0.2) is 0 Å². The highest BCUT2D eigenvalue weighted by atomic mass is 35.5. The number of nitrogens with zero attached hydrogens (tertiary/aromatic N) is 2. The standard InChI is InChI=1S/C13H16ClN3OS/c1-3-18-11-12(15)16-19-13(11)17(2)8-9-6-4-5-7-10(9)14/h4-7H,3,8H2,1-2H3,(H2,15,16). The molecule has 0 aliphatic carbocycles. The number of hydrogen-bond acceptors (Lipinski definition) is 5. The maximum atomic E-state index is 6.17. The van der Waals surface area contributed by atoms with Gasteiger partial charge < -0.3 is 15.4 Å². The predicted molar refractivity (Wildman–Crippen MR) is 81.3 cm³/mol. The maximum Gasteiger partial charge on any atom is 0.197 e. The molecular formula is C13H16ClN3OS. The monoisotopic (exact) mass is 297 g/mol. The number of hydrogen-bond donors (Lipinski definition) is 1. The number of nitrogen functional groups attached to an aromatic ring is 1. The minimum Gasteiger partial charge on any atom is -0.487 e. The van der Waals surface area contributed by atoms with Crippen LogP contribution >= 0.6 is 23.1 Å². The average Bonchev–Trinajstić information content (AvgIpc) is 2.75. The molecule has 0 saturated heterocycles. The lowest BCUT2D eigenvalue weighted by molar-refractivity contribution is 0.343. The van der Waals surface area contributed by atoms with E-state index in [1.165, 1.54) is 11.5 Å². The maximum absolute atomic E-state index is 6.17. The van der Waals surface area contributed by atoms with E-state index in [9.17, 15) is 0 Å². The summed E-state index contributed by atoms with van der Waals surface area (Å²) >= 11 is 7.50. The van der Waals surface area contributed by atoms with Gasteiger partial charge in [-0.3, -0.25) is 0 Å². The summed E-state index contributed by atoms with van der Waals surface area (Å²) in [6, 6.07) is 7.78. The number of anilines is 2. The van der Waals surface area contributed by atoms with Crippen molar-refractivity contribution in [3.8, 4) is 5.75 Å². The van der Waals surface area contributed by atoms with E-state index >= 15 is 0 Å². The molecule has 0 fully saturated rings. The van der Waals surface area contributed by atoms with Gasteiger partial charge in [0.15, 0.2) is 16.6 Å². The van der Waals surface area contributed by atoms with E-state index < -0.39 is 0 Å². The van der Waals surface area contributed by atoms with E-state index in [0.717, 1.165) is 15.6 Å². The number of rotatable bonds is 5. The molecule has 0 aliphatic rings. The van der Waals surface area contributed by atoms with Crippen LogP contribution in [0.3, 0.4) is 0 Å². The highest BCUT2D eigenvalue weighted by Crippen LogP contribution is 2.38. The van der Waals surface area contributed by atoms with Crippen LogP contribution in [-0.2, 0) is 6.54 Å². The second-order valence-electron chi connectivity index (χ2n) is 4.08. The first-order valence-corrected chi connectivity index (χ1v) is 7.11. The topological polar surface area (TPSA) is 51.4 Å². The highest BCUT2D eigenvalue weighted by Gasteiger charge is 2.17. The Balaban J connectivity index is 2.20. The normalized spacial score (nSPS) is 10.5. The molecule has 2 rings (SSSR count). The van der Waals surface area contributed by atoms with Crippen LogP contribution in [0.1, 0.15) is 12.5 Å². The summed E-state index contributed by atoms with van der Waals surface area (Å²) < 4.78 is 9.69. The summed E-state index contributed by atoms with van der Waals surface area (Å²) in [5, 5.41) is 1.67. The first-order valence-electron chi connectivity index (χ1n) is 5.96. The number of ether oxygens (including phenoxy) is 1. The molecule has 1 aromatic carbocycles. The average molecular weight is 298 g/mol. The summed E-state index contributed by atoms with van der Waals surface area (Å²) in [6.07, 6.45) is 0. The van der Waals surface area contributed by atoms with Gasteiger partial charge in [-0.1, -0.05) is 29.8 Å². The fourth-order valence-electron chi connectivity index (χ4n) is 1.76. The van der Waals surface area contributed by atoms with Crippen LogP contribution in [0.4, 0.5) is 10.8 Å². The third kappa shape index (κ3) is 3.11.